The van der Waals surface area contributed by atoms with Crippen molar-refractivity contribution < 1.29 is 19.1 Å². The minimum absolute atomic E-state index is 0.0973. The third-order valence-electron chi connectivity index (χ3n) is 4.91. The first-order chi connectivity index (χ1) is 13.4. The van der Waals surface area contributed by atoms with E-state index in [4.69, 9.17) is 9.47 Å². The molecule has 148 valence electrons. The molecule has 6 heteroatoms. The maximum Gasteiger partial charge on any atom is 0.254 e. The highest BCUT2D eigenvalue weighted by Gasteiger charge is 2.39. The number of fused-ring (bicyclic) bond motifs is 1. The van der Waals surface area contributed by atoms with Crippen molar-refractivity contribution in [2.24, 2.45) is 0 Å². The van der Waals surface area contributed by atoms with Gasteiger partial charge in [-0.15, -0.1) is 0 Å². The van der Waals surface area contributed by atoms with Crippen LogP contribution in [0.5, 0.6) is 11.5 Å². The first kappa shape index (κ1) is 19.7. The molecule has 1 aliphatic heterocycles. The Bertz CT molecular complexity index is 894. The molecule has 0 spiro atoms. The molecule has 2 amide bonds. The van der Waals surface area contributed by atoms with Crippen LogP contribution in [0.25, 0.3) is 0 Å². The number of carbonyl (C=O) groups excluding carboxylic acids is 2. The molecule has 1 N–H and O–H groups in total. The second-order valence-electron chi connectivity index (χ2n) is 6.94. The van der Waals surface area contributed by atoms with Gasteiger partial charge in [0.2, 0.25) is 5.91 Å². The summed E-state index contributed by atoms with van der Waals surface area (Å²) in [7, 11) is 1.61. The number of amides is 2. The molecule has 1 heterocycles. The molecule has 1 atom stereocenters. The third-order valence-corrected chi connectivity index (χ3v) is 4.91. The number of hydrogen-bond acceptors (Lipinski definition) is 4. The average molecular weight is 382 g/mol. The summed E-state index contributed by atoms with van der Waals surface area (Å²) in [5.41, 5.74) is 3.82. The Balaban J connectivity index is 1.73. The van der Waals surface area contributed by atoms with Crippen LogP contribution in [0.1, 0.15) is 36.1 Å². The van der Waals surface area contributed by atoms with E-state index in [2.05, 4.69) is 5.32 Å². The zero-order valence-corrected chi connectivity index (χ0v) is 16.7. The zero-order valence-electron chi connectivity index (χ0n) is 16.7. The predicted molar refractivity (Wildman–Crippen MR) is 108 cm³/mol. The number of para-hydroxylation sites is 2. The van der Waals surface area contributed by atoms with Crippen molar-refractivity contribution in [1.29, 1.82) is 0 Å². The van der Waals surface area contributed by atoms with E-state index in [1.165, 1.54) is 6.92 Å². The molecule has 0 aromatic heterocycles. The maximum absolute atomic E-state index is 13.0. The van der Waals surface area contributed by atoms with Crippen LogP contribution in [0.4, 0.5) is 5.69 Å². The molecule has 28 heavy (non-hydrogen) atoms. The Morgan fingerprint density at radius 1 is 1.11 bits per heavy atom. The summed E-state index contributed by atoms with van der Waals surface area (Å²) in [5.74, 6) is 1.05. The first-order valence-corrected chi connectivity index (χ1v) is 9.38. The number of rotatable bonds is 7. The Kier molecular flexibility index (Phi) is 5.87. The Labute approximate surface area is 165 Å². The SMILES string of the molecule is COc1ccccc1OCCCN1C(=O)[C@@H](NC(C)=O)c2c(C)ccc(C)c21. The van der Waals surface area contributed by atoms with Gasteiger partial charge >= 0.3 is 0 Å². The summed E-state index contributed by atoms with van der Waals surface area (Å²) < 4.78 is 11.1. The van der Waals surface area contributed by atoms with Gasteiger partial charge in [0, 0.05) is 19.0 Å². The van der Waals surface area contributed by atoms with Gasteiger partial charge in [0.15, 0.2) is 11.5 Å². The number of nitrogens with one attached hydrogen (secondary N) is 1. The molecule has 3 rings (SSSR count). The lowest BCUT2D eigenvalue weighted by molar-refractivity contribution is -0.126. The number of aryl methyl sites for hydroxylation is 2. The molecule has 0 unspecified atom stereocenters. The van der Waals surface area contributed by atoms with Crippen molar-refractivity contribution in [2.75, 3.05) is 25.2 Å². The second kappa shape index (κ2) is 8.33. The van der Waals surface area contributed by atoms with Crippen LogP contribution in [0.2, 0.25) is 0 Å². The van der Waals surface area contributed by atoms with Crippen molar-refractivity contribution in [3.05, 3.63) is 53.1 Å². The van der Waals surface area contributed by atoms with Crippen molar-refractivity contribution in [3.63, 3.8) is 0 Å². The molecular formula is C22H26N2O4. The van der Waals surface area contributed by atoms with Crippen molar-refractivity contribution in [3.8, 4) is 11.5 Å². The number of carbonyl (C=O) groups is 2. The van der Waals surface area contributed by atoms with Crippen LogP contribution in [-0.2, 0) is 9.59 Å². The largest absolute Gasteiger partial charge is 0.493 e. The van der Waals surface area contributed by atoms with E-state index in [1.807, 2.05) is 50.2 Å². The van der Waals surface area contributed by atoms with Crippen LogP contribution in [-0.4, -0.2) is 32.1 Å². The summed E-state index contributed by atoms with van der Waals surface area (Å²) in [6.07, 6.45) is 0.656. The number of anilines is 1. The average Bonchev–Trinajstić information content (AvgIpc) is 2.95. The minimum atomic E-state index is -0.623. The normalized spacial score (nSPS) is 15.4. The molecule has 0 bridgehead atoms. The lowest BCUT2D eigenvalue weighted by atomic mass is 9.99. The van der Waals surface area contributed by atoms with Crippen molar-refractivity contribution in [1.82, 2.24) is 5.32 Å². The summed E-state index contributed by atoms with van der Waals surface area (Å²) in [6, 6.07) is 10.9. The molecular weight excluding hydrogens is 356 g/mol. The number of methoxy groups -OCH3 is 1. The van der Waals surface area contributed by atoms with Gasteiger partial charge in [-0.05, 0) is 43.5 Å². The maximum atomic E-state index is 13.0. The van der Waals surface area contributed by atoms with Crippen LogP contribution in [0.15, 0.2) is 36.4 Å². The van der Waals surface area contributed by atoms with E-state index in [9.17, 15) is 9.59 Å². The van der Waals surface area contributed by atoms with E-state index in [-0.39, 0.29) is 11.8 Å². The predicted octanol–water partition coefficient (Wildman–Crippen LogP) is 3.30. The number of ether oxygens (including phenoxy) is 2. The van der Waals surface area contributed by atoms with Crippen molar-refractivity contribution in [2.45, 2.75) is 33.2 Å². The highest BCUT2D eigenvalue weighted by atomic mass is 16.5. The molecule has 2 aromatic rings. The fourth-order valence-electron chi connectivity index (χ4n) is 3.63. The summed E-state index contributed by atoms with van der Waals surface area (Å²) in [4.78, 5) is 26.4. The zero-order chi connectivity index (χ0) is 20.3. The number of nitrogens with zero attached hydrogens (tertiary/aromatic N) is 1. The molecule has 0 saturated heterocycles. The molecule has 0 radical (unpaired) electrons. The lowest BCUT2D eigenvalue weighted by Gasteiger charge is -2.20. The van der Waals surface area contributed by atoms with Gasteiger partial charge in [-0.1, -0.05) is 24.3 Å². The Morgan fingerprint density at radius 3 is 2.46 bits per heavy atom. The molecule has 0 fully saturated rings. The van der Waals surface area contributed by atoms with Gasteiger partial charge in [-0.2, -0.15) is 0 Å². The van der Waals surface area contributed by atoms with Gasteiger partial charge < -0.3 is 19.7 Å². The van der Waals surface area contributed by atoms with E-state index in [0.29, 0.717) is 31.1 Å². The molecule has 0 saturated carbocycles. The number of benzene rings is 2. The standard InChI is InChI=1S/C22H26N2O4/c1-14-10-11-15(2)21-19(14)20(23-16(3)25)22(26)24(21)12-7-13-28-18-9-6-5-8-17(18)27-4/h5-6,8-11,20H,7,12-13H2,1-4H3,(H,23,25)/t20-/m0/s1. The second-order valence-corrected chi connectivity index (χ2v) is 6.94. The van der Waals surface area contributed by atoms with Gasteiger partial charge in [-0.3, -0.25) is 9.59 Å². The Morgan fingerprint density at radius 2 is 1.79 bits per heavy atom. The minimum Gasteiger partial charge on any atom is -0.493 e. The van der Waals surface area contributed by atoms with E-state index in [1.54, 1.807) is 12.0 Å². The highest BCUT2D eigenvalue weighted by molar-refractivity contribution is 6.07. The summed E-state index contributed by atoms with van der Waals surface area (Å²) in [5, 5.41) is 2.80. The van der Waals surface area contributed by atoms with Gasteiger partial charge in [0.25, 0.3) is 5.91 Å². The third kappa shape index (κ3) is 3.81. The number of hydrogen-bond donors (Lipinski definition) is 1. The van der Waals surface area contributed by atoms with Crippen LogP contribution in [0, 0.1) is 13.8 Å². The highest BCUT2D eigenvalue weighted by Crippen LogP contribution is 2.40. The van der Waals surface area contributed by atoms with E-state index >= 15 is 0 Å². The van der Waals surface area contributed by atoms with Gasteiger partial charge in [-0.25, -0.2) is 0 Å². The topological polar surface area (TPSA) is 67.9 Å². The molecule has 2 aromatic carbocycles. The van der Waals surface area contributed by atoms with Gasteiger partial charge in [0.05, 0.1) is 19.4 Å². The summed E-state index contributed by atoms with van der Waals surface area (Å²) >= 11 is 0. The van der Waals surface area contributed by atoms with Crippen molar-refractivity contribution >= 4 is 17.5 Å². The van der Waals surface area contributed by atoms with Crippen LogP contribution >= 0.6 is 0 Å². The van der Waals surface area contributed by atoms with Gasteiger partial charge in [0.1, 0.15) is 6.04 Å². The lowest BCUT2D eigenvalue weighted by Crippen LogP contribution is -2.37. The molecule has 6 nitrogen and oxygen atoms in total. The Hall–Kier alpha value is -3.02. The fourth-order valence-corrected chi connectivity index (χ4v) is 3.63. The van der Waals surface area contributed by atoms with E-state index in [0.717, 1.165) is 22.4 Å². The van der Waals surface area contributed by atoms with Crippen LogP contribution in [0.3, 0.4) is 0 Å². The molecule has 0 aliphatic carbocycles. The monoisotopic (exact) mass is 382 g/mol. The summed E-state index contributed by atoms with van der Waals surface area (Å²) in [6.45, 7) is 6.35. The smallest absolute Gasteiger partial charge is 0.254 e. The first-order valence-electron chi connectivity index (χ1n) is 9.38. The fraction of sp³-hybridized carbons (Fsp3) is 0.364. The van der Waals surface area contributed by atoms with Crippen LogP contribution < -0.4 is 19.7 Å². The van der Waals surface area contributed by atoms with E-state index < -0.39 is 6.04 Å². The molecule has 1 aliphatic rings. The quantitative estimate of drug-likeness (QED) is 0.746.